The zero-order chi connectivity index (χ0) is 10.6. The number of nitrogens with two attached hydrogens (primary N) is 1. The minimum atomic E-state index is -0.685. The lowest BCUT2D eigenvalue weighted by atomic mass is 9.95. The lowest BCUT2D eigenvalue weighted by Gasteiger charge is -2.21. The molecule has 76 valence electrons. The highest BCUT2D eigenvalue weighted by Gasteiger charge is 2.25. The van der Waals surface area contributed by atoms with Gasteiger partial charge in [0, 0.05) is 11.2 Å². The number of carbonyl (C=O) groups excluding carboxylic acids is 2. The normalized spacial score (nSPS) is 13.5. The second-order valence-corrected chi connectivity index (χ2v) is 4.23. The average Bonchev–Trinajstić information content (AvgIpc) is 1.96. The summed E-state index contributed by atoms with van der Waals surface area (Å²) in [5.41, 5.74) is 4.52. The van der Waals surface area contributed by atoms with Crippen molar-refractivity contribution >= 4 is 24.4 Å². The number of hydrogen-bond acceptors (Lipinski definition) is 3. The van der Waals surface area contributed by atoms with Crippen LogP contribution < -0.4 is 11.1 Å². The van der Waals surface area contributed by atoms with Crippen LogP contribution in [-0.4, -0.2) is 23.6 Å². The van der Waals surface area contributed by atoms with Gasteiger partial charge in [-0.1, -0.05) is 20.8 Å². The van der Waals surface area contributed by atoms with E-state index in [1.165, 1.54) is 0 Å². The minimum absolute atomic E-state index is 0.203. The van der Waals surface area contributed by atoms with Gasteiger partial charge in [-0.25, -0.2) is 0 Å². The van der Waals surface area contributed by atoms with Gasteiger partial charge in [0.25, 0.3) is 0 Å². The van der Waals surface area contributed by atoms with Crippen LogP contribution in [0.2, 0.25) is 0 Å². The molecule has 0 aliphatic rings. The van der Waals surface area contributed by atoms with Gasteiger partial charge in [-0.05, 0) is 0 Å². The van der Waals surface area contributed by atoms with Crippen LogP contribution >= 0.6 is 12.6 Å². The fourth-order valence-corrected chi connectivity index (χ4v) is 0.853. The van der Waals surface area contributed by atoms with Crippen LogP contribution in [0.3, 0.4) is 0 Å². The molecule has 0 aromatic heterocycles. The summed E-state index contributed by atoms with van der Waals surface area (Å²) in [5.74, 6) is -0.546. The van der Waals surface area contributed by atoms with Crippen molar-refractivity contribution in [3.8, 4) is 0 Å². The molecule has 0 fully saturated rings. The highest BCUT2D eigenvalue weighted by Crippen LogP contribution is 2.12. The molecule has 0 rings (SSSR count). The lowest BCUT2D eigenvalue weighted by molar-refractivity contribution is -0.132. The van der Waals surface area contributed by atoms with Gasteiger partial charge in [-0.2, -0.15) is 12.6 Å². The molecular weight excluding hydrogens is 188 g/mol. The Kier molecular flexibility index (Phi) is 4.26. The highest BCUT2D eigenvalue weighted by atomic mass is 32.1. The number of rotatable bonds is 3. The van der Waals surface area contributed by atoms with Crippen LogP contribution in [0, 0.1) is 5.41 Å². The smallest absolute Gasteiger partial charge is 0.240 e. The zero-order valence-electron chi connectivity index (χ0n) is 8.13. The summed E-state index contributed by atoms with van der Waals surface area (Å²) in [6.45, 7) is 5.29. The molecule has 5 heteroatoms. The van der Waals surface area contributed by atoms with Crippen LogP contribution in [-0.2, 0) is 9.59 Å². The molecule has 13 heavy (non-hydrogen) atoms. The number of hydrogen-bond donors (Lipinski definition) is 3. The Bertz CT molecular complexity index is 211. The second kappa shape index (κ2) is 4.50. The Morgan fingerprint density at radius 3 is 2.15 bits per heavy atom. The molecule has 1 atom stereocenters. The zero-order valence-corrected chi connectivity index (χ0v) is 9.02. The van der Waals surface area contributed by atoms with Gasteiger partial charge in [-0.3, -0.25) is 9.59 Å². The van der Waals surface area contributed by atoms with E-state index in [0.717, 1.165) is 0 Å². The Labute approximate surface area is 83.7 Å². The number of thiol groups is 1. The van der Waals surface area contributed by atoms with Gasteiger partial charge in [0.2, 0.25) is 11.8 Å². The van der Waals surface area contributed by atoms with E-state index < -0.39 is 17.4 Å². The van der Waals surface area contributed by atoms with Crippen molar-refractivity contribution in [2.24, 2.45) is 11.1 Å². The molecule has 0 saturated carbocycles. The Morgan fingerprint density at radius 1 is 1.46 bits per heavy atom. The maximum Gasteiger partial charge on any atom is 0.240 e. The first-order chi connectivity index (χ1) is 5.79. The molecule has 0 spiro atoms. The maximum absolute atomic E-state index is 11.4. The van der Waals surface area contributed by atoms with Crippen molar-refractivity contribution in [3.05, 3.63) is 0 Å². The number of amides is 2. The molecule has 3 N–H and O–H groups in total. The predicted octanol–water partition coefficient (Wildman–Crippen LogP) is -0.0676. The standard InChI is InChI=1S/C8H16N2O2S/c1-8(2,3)7(12)10-5(4-13)6(9)11/h5,13H,4H2,1-3H3,(H2,9,11)(H,10,12)/t5-/m0/s1. The van der Waals surface area contributed by atoms with Crippen LogP contribution in [0.15, 0.2) is 0 Å². The largest absolute Gasteiger partial charge is 0.368 e. The Balaban J connectivity index is 4.26. The Hall–Kier alpha value is -0.710. The number of carbonyl (C=O) groups is 2. The monoisotopic (exact) mass is 204 g/mol. The third-order valence-electron chi connectivity index (χ3n) is 1.51. The van der Waals surface area contributed by atoms with Gasteiger partial charge >= 0.3 is 0 Å². The molecule has 0 heterocycles. The third kappa shape index (κ3) is 4.17. The molecule has 4 nitrogen and oxygen atoms in total. The topological polar surface area (TPSA) is 72.2 Å². The summed E-state index contributed by atoms with van der Waals surface area (Å²) in [6.07, 6.45) is 0. The van der Waals surface area contributed by atoms with Gasteiger partial charge in [0.1, 0.15) is 6.04 Å². The van der Waals surface area contributed by atoms with Crippen molar-refractivity contribution in [2.45, 2.75) is 26.8 Å². The van der Waals surface area contributed by atoms with E-state index in [2.05, 4.69) is 17.9 Å². The molecule has 2 amide bonds. The average molecular weight is 204 g/mol. The van der Waals surface area contributed by atoms with E-state index in [4.69, 9.17) is 5.73 Å². The number of primary amides is 1. The summed E-state index contributed by atoms with van der Waals surface area (Å²) in [6, 6.07) is -0.685. The van der Waals surface area contributed by atoms with Gasteiger partial charge in [0.15, 0.2) is 0 Å². The van der Waals surface area contributed by atoms with Crippen molar-refractivity contribution in [1.29, 1.82) is 0 Å². The van der Waals surface area contributed by atoms with E-state index in [1.807, 2.05) is 0 Å². The maximum atomic E-state index is 11.4. The van der Waals surface area contributed by atoms with Crippen LogP contribution in [0.1, 0.15) is 20.8 Å². The highest BCUT2D eigenvalue weighted by molar-refractivity contribution is 7.80. The summed E-state index contributed by atoms with van der Waals surface area (Å²) in [5, 5.41) is 2.52. The molecule has 0 aliphatic heterocycles. The van der Waals surface area contributed by atoms with Crippen LogP contribution in [0.5, 0.6) is 0 Å². The predicted molar refractivity (Wildman–Crippen MR) is 54.4 cm³/mol. The molecule has 0 aliphatic carbocycles. The summed E-state index contributed by atoms with van der Waals surface area (Å²) < 4.78 is 0. The van der Waals surface area contributed by atoms with Crippen molar-refractivity contribution in [2.75, 3.05) is 5.75 Å². The molecule has 0 unspecified atom stereocenters. The van der Waals surface area contributed by atoms with Crippen LogP contribution in [0.25, 0.3) is 0 Å². The molecule has 0 radical (unpaired) electrons. The van der Waals surface area contributed by atoms with E-state index in [1.54, 1.807) is 20.8 Å². The number of nitrogens with one attached hydrogen (secondary N) is 1. The van der Waals surface area contributed by atoms with Gasteiger partial charge in [0.05, 0.1) is 0 Å². The van der Waals surface area contributed by atoms with E-state index in [-0.39, 0.29) is 11.7 Å². The Morgan fingerprint density at radius 2 is 1.92 bits per heavy atom. The lowest BCUT2D eigenvalue weighted by Crippen LogP contribution is -2.49. The minimum Gasteiger partial charge on any atom is -0.368 e. The van der Waals surface area contributed by atoms with Crippen molar-refractivity contribution in [3.63, 3.8) is 0 Å². The summed E-state index contributed by atoms with van der Waals surface area (Å²) >= 11 is 3.91. The van der Waals surface area contributed by atoms with Crippen molar-refractivity contribution in [1.82, 2.24) is 5.32 Å². The SMILES string of the molecule is CC(C)(C)C(=O)N[C@@H](CS)C(N)=O. The molecule has 0 aromatic rings. The second-order valence-electron chi connectivity index (χ2n) is 3.86. The first-order valence-electron chi connectivity index (χ1n) is 4.00. The first-order valence-corrected chi connectivity index (χ1v) is 4.63. The fraction of sp³-hybridized carbons (Fsp3) is 0.750. The third-order valence-corrected chi connectivity index (χ3v) is 1.88. The van der Waals surface area contributed by atoms with Crippen molar-refractivity contribution < 1.29 is 9.59 Å². The van der Waals surface area contributed by atoms with Gasteiger partial charge < -0.3 is 11.1 Å². The van der Waals surface area contributed by atoms with E-state index in [0.29, 0.717) is 0 Å². The molecule has 0 aromatic carbocycles. The van der Waals surface area contributed by atoms with E-state index >= 15 is 0 Å². The summed E-state index contributed by atoms with van der Waals surface area (Å²) in [4.78, 5) is 22.1. The first kappa shape index (κ1) is 12.3. The summed E-state index contributed by atoms with van der Waals surface area (Å²) in [7, 11) is 0. The van der Waals surface area contributed by atoms with E-state index in [9.17, 15) is 9.59 Å². The van der Waals surface area contributed by atoms with Crippen LogP contribution in [0.4, 0.5) is 0 Å². The quantitative estimate of drug-likeness (QED) is 0.563. The molecule has 0 bridgehead atoms. The fourth-order valence-electron chi connectivity index (χ4n) is 0.581. The van der Waals surface area contributed by atoms with Gasteiger partial charge in [-0.15, -0.1) is 0 Å². The molecule has 0 saturated heterocycles. The molecular formula is C8H16N2O2S.